The number of aromatic nitrogens is 2. The maximum Gasteiger partial charge on any atom is 0.229 e. The van der Waals surface area contributed by atoms with Crippen LogP contribution >= 0.6 is 11.6 Å². The van der Waals surface area contributed by atoms with E-state index in [0.717, 1.165) is 36.1 Å². The van der Waals surface area contributed by atoms with Crippen LogP contribution in [0.25, 0.3) is 0 Å². The quantitative estimate of drug-likeness (QED) is 0.397. The van der Waals surface area contributed by atoms with Crippen molar-refractivity contribution in [3.05, 3.63) is 64.8 Å². The molecule has 0 radical (unpaired) electrons. The van der Waals surface area contributed by atoms with Gasteiger partial charge in [0.2, 0.25) is 5.95 Å². The van der Waals surface area contributed by atoms with Gasteiger partial charge < -0.3 is 24.6 Å². The van der Waals surface area contributed by atoms with Crippen LogP contribution in [0.3, 0.4) is 0 Å². The highest BCUT2D eigenvalue weighted by atomic mass is 35.5. The number of hydrogen-bond acceptors (Lipinski definition) is 7. The molecule has 186 valence electrons. The van der Waals surface area contributed by atoms with Gasteiger partial charge in [-0.2, -0.15) is 4.98 Å². The number of morpholine rings is 1. The Hall–Kier alpha value is -3.01. The second-order valence-corrected chi connectivity index (χ2v) is 8.84. The Balaban J connectivity index is 1.60. The molecule has 1 saturated heterocycles. The predicted octanol–water partition coefficient (Wildman–Crippen LogP) is 5.68. The van der Waals surface area contributed by atoms with Gasteiger partial charge in [0, 0.05) is 37.7 Å². The zero-order valence-electron chi connectivity index (χ0n) is 19.9. The van der Waals surface area contributed by atoms with Crippen molar-refractivity contribution in [2.45, 2.75) is 26.6 Å². The fourth-order valence-electron chi connectivity index (χ4n) is 3.72. The molecule has 3 aromatic rings. The lowest BCUT2D eigenvalue weighted by molar-refractivity contribution is 0.0657. The molecule has 1 aromatic heterocycles. The van der Waals surface area contributed by atoms with Crippen molar-refractivity contribution in [2.75, 3.05) is 48.5 Å². The minimum atomic E-state index is -0.852. The van der Waals surface area contributed by atoms with Gasteiger partial charge in [-0.25, -0.2) is 13.8 Å². The molecule has 10 heteroatoms. The summed E-state index contributed by atoms with van der Waals surface area (Å²) in [5, 5.41) is 2.69. The molecule has 0 atom stereocenters. The van der Waals surface area contributed by atoms with Gasteiger partial charge >= 0.3 is 0 Å². The topological polar surface area (TPSA) is 62.8 Å². The van der Waals surface area contributed by atoms with Crippen molar-refractivity contribution in [1.82, 2.24) is 9.97 Å². The summed E-state index contributed by atoms with van der Waals surface area (Å²) in [4.78, 5) is 12.6. The first-order chi connectivity index (χ1) is 16.8. The van der Waals surface area contributed by atoms with Crippen molar-refractivity contribution >= 4 is 40.4 Å². The zero-order valence-corrected chi connectivity index (χ0v) is 20.6. The number of rotatable bonds is 8. The number of halogens is 3. The number of benzene rings is 2. The van der Waals surface area contributed by atoms with Crippen molar-refractivity contribution in [1.29, 1.82) is 0 Å². The molecule has 0 aliphatic carbocycles. The van der Waals surface area contributed by atoms with Gasteiger partial charge in [-0.3, -0.25) is 0 Å². The summed E-state index contributed by atoms with van der Waals surface area (Å²) in [5.74, 6) is -0.923. The maximum absolute atomic E-state index is 14.5. The summed E-state index contributed by atoms with van der Waals surface area (Å²) in [5.41, 5.74) is 2.97. The van der Waals surface area contributed by atoms with E-state index in [1.54, 1.807) is 19.3 Å². The van der Waals surface area contributed by atoms with Crippen LogP contribution in [-0.2, 0) is 16.1 Å². The van der Waals surface area contributed by atoms with Crippen molar-refractivity contribution in [3.8, 4) is 0 Å². The number of nitrogens with one attached hydrogen (secondary N) is 1. The zero-order chi connectivity index (χ0) is 24.9. The first kappa shape index (κ1) is 25.1. The molecular formula is C25H28ClF2N5O2. The van der Waals surface area contributed by atoms with E-state index in [9.17, 15) is 8.78 Å². The molecule has 1 aliphatic heterocycles. The van der Waals surface area contributed by atoms with E-state index in [1.807, 2.05) is 26.0 Å². The van der Waals surface area contributed by atoms with E-state index < -0.39 is 16.7 Å². The molecule has 7 nitrogen and oxygen atoms in total. The van der Waals surface area contributed by atoms with Gasteiger partial charge in [0.1, 0.15) is 16.7 Å². The van der Waals surface area contributed by atoms with Crippen LogP contribution in [0.5, 0.6) is 0 Å². The Morgan fingerprint density at radius 1 is 1.17 bits per heavy atom. The Bertz CT molecular complexity index is 1170. The largest absolute Gasteiger partial charge is 0.378 e. The van der Waals surface area contributed by atoms with E-state index >= 15 is 0 Å². The molecule has 0 unspecified atom stereocenters. The standard InChI is InChI=1S/C25H28ClF2N5O2/c1-16(2)35-15-17-12-18(14-19(13-17)33-8-10-34-11-9-33)30-25-29-7-6-22(31-25)32(3)21-5-4-20(27)23(26)24(21)28/h4-7,12-14,16H,8-11,15H2,1-3H3,(H,29,30,31). The average Bonchev–Trinajstić information content (AvgIpc) is 2.86. The molecule has 4 rings (SSSR count). The van der Waals surface area contributed by atoms with Crippen LogP contribution in [0.1, 0.15) is 19.4 Å². The molecule has 2 heterocycles. The molecular weight excluding hydrogens is 476 g/mol. The van der Waals surface area contributed by atoms with Crippen LogP contribution in [0.4, 0.5) is 37.6 Å². The van der Waals surface area contributed by atoms with Gasteiger partial charge in [-0.05, 0) is 55.8 Å². The molecule has 1 aliphatic rings. The maximum atomic E-state index is 14.5. The highest BCUT2D eigenvalue weighted by Crippen LogP contribution is 2.32. The van der Waals surface area contributed by atoms with E-state index in [1.165, 1.54) is 11.0 Å². The van der Waals surface area contributed by atoms with Crippen molar-refractivity contribution in [3.63, 3.8) is 0 Å². The summed E-state index contributed by atoms with van der Waals surface area (Å²) in [6.45, 7) is 7.43. The lowest BCUT2D eigenvalue weighted by Crippen LogP contribution is -2.36. The lowest BCUT2D eigenvalue weighted by Gasteiger charge is -2.29. The molecule has 0 spiro atoms. The summed E-state index contributed by atoms with van der Waals surface area (Å²) in [6.07, 6.45) is 1.67. The third-order valence-corrected chi connectivity index (χ3v) is 5.90. The van der Waals surface area contributed by atoms with Crippen LogP contribution in [0, 0.1) is 11.6 Å². The summed E-state index contributed by atoms with van der Waals surface area (Å²) >= 11 is 5.75. The van der Waals surface area contributed by atoms with Crippen molar-refractivity contribution in [2.24, 2.45) is 0 Å². The van der Waals surface area contributed by atoms with Gasteiger partial charge in [-0.1, -0.05) is 11.6 Å². The van der Waals surface area contributed by atoms with Crippen LogP contribution in [0.15, 0.2) is 42.6 Å². The molecule has 1 N–H and O–H groups in total. The van der Waals surface area contributed by atoms with Gasteiger partial charge in [0.15, 0.2) is 5.82 Å². The van der Waals surface area contributed by atoms with Gasteiger partial charge in [0.05, 0.1) is 31.6 Å². The molecule has 1 fully saturated rings. The fourth-order valence-corrected chi connectivity index (χ4v) is 3.88. The first-order valence-electron chi connectivity index (χ1n) is 11.4. The second kappa shape index (κ2) is 11.2. The minimum absolute atomic E-state index is 0.100. The number of nitrogens with zero attached hydrogens (tertiary/aromatic N) is 4. The Morgan fingerprint density at radius 3 is 2.69 bits per heavy atom. The van der Waals surface area contributed by atoms with Crippen LogP contribution < -0.4 is 15.1 Å². The monoisotopic (exact) mass is 503 g/mol. The Kier molecular flexibility index (Phi) is 8.00. The van der Waals surface area contributed by atoms with E-state index in [-0.39, 0.29) is 11.8 Å². The van der Waals surface area contributed by atoms with E-state index in [0.29, 0.717) is 31.6 Å². The molecule has 0 amide bonds. The fraction of sp³-hybridized carbons (Fsp3) is 0.360. The number of ether oxygens (including phenoxy) is 2. The summed E-state index contributed by atoms with van der Waals surface area (Å²) in [6, 6.07) is 10.2. The molecule has 0 bridgehead atoms. The highest BCUT2D eigenvalue weighted by Gasteiger charge is 2.18. The lowest BCUT2D eigenvalue weighted by atomic mass is 10.1. The minimum Gasteiger partial charge on any atom is -0.378 e. The Labute approximate surface area is 208 Å². The summed E-state index contributed by atoms with van der Waals surface area (Å²) < 4.78 is 39.4. The highest BCUT2D eigenvalue weighted by molar-refractivity contribution is 6.31. The number of anilines is 5. The van der Waals surface area contributed by atoms with Crippen LogP contribution in [-0.4, -0.2) is 49.4 Å². The summed E-state index contributed by atoms with van der Waals surface area (Å²) in [7, 11) is 1.62. The second-order valence-electron chi connectivity index (χ2n) is 8.46. The predicted molar refractivity (Wildman–Crippen MR) is 134 cm³/mol. The van der Waals surface area contributed by atoms with E-state index in [4.69, 9.17) is 21.1 Å². The van der Waals surface area contributed by atoms with Gasteiger partial charge in [0.25, 0.3) is 0 Å². The van der Waals surface area contributed by atoms with Crippen LogP contribution in [0.2, 0.25) is 5.02 Å². The smallest absolute Gasteiger partial charge is 0.229 e. The van der Waals surface area contributed by atoms with Gasteiger partial charge in [-0.15, -0.1) is 0 Å². The SMILES string of the molecule is CC(C)OCc1cc(Nc2nccc(N(C)c3ccc(F)c(Cl)c3F)n2)cc(N2CCOCC2)c1. The van der Waals surface area contributed by atoms with E-state index in [2.05, 4.69) is 26.3 Å². The number of hydrogen-bond donors (Lipinski definition) is 1. The van der Waals surface area contributed by atoms with Crippen molar-refractivity contribution < 1.29 is 18.3 Å². The normalized spacial score (nSPS) is 13.9. The molecule has 35 heavy (non-hydrogen) atoms. The average molecular weight is 504 g/mol. The Morgan fingerprint density at radius 2 is 1.94 bits per heavy atom. The third kappa shape index (κ3) is 6.17. The molecule has 0 saturated carbocycles. The molecule has 2 aromatic carbocycles. The third-order valence-electron chi connectivity index (χ3n) is 5.55. The first-order valence-corrected chi connectivity index (χ1v) is 11.7.